The predicted octanol–water partition coefficient (Wildman–Crippen LogP) is 2.14. The maximum absolute atomic E-state index is 10.5. The van der Waals surface area contributed by atoms with Crippen molar-refractivity contribution in [3.8, 4) is 5.75 Å². The molecule has 0 bridgehead atoms. The summed E-state index contributed by atoms with van der Waals surface area (Å²) in [5, 5.41) is 8.65. The third kappa shape index (κ3) is 2.67. The van der Waals surface area contributed by atoms with E-state index in [1.165, 1.54) is 6.92 Å². The number of benzene rings is 1. The zero-order valence-corrected chi connectivity index (χ0v) is 8.91. The third-order valence-corrected chi connectivity index (χ3v) is 2.09. The molecule has 0 aliphatic heterocycles. The molecule has 0 radical (unpaired) electrons. The number of aliphatic carboxylic acids is 1. The lowest BCUT2D eigenvalue weighted by Gasteiger charge is -2.12. The van der Waals surface area contributed by atoms with Crippen molar-refractivity contribution in [2.75, 3.05) is 0 Å². The minimum absolute atomic E-state index is 0.581. The highest BCUT2D eigenvalue weighted by molar-refractivity contribution is 7.80. The summed E-state index contributed by atoms with van der Waals surface area (Å²) < 4.78 is 5.23. The lowest BCUT2D eigenvalue weighted by atomic mass is 10.2. The summed E-state index contributed by atoms with van der Waals surface area (Å²) in [6.45, 7) is 3.35. The fourth-order valence-electron chi connectivity index (χ4n) is 1.01. The van der Waals surface area contributed by atoms with Gasteiger partial charge in [0, 0.05) is 4.90 Å². The van der Waals surface area contributed by atoms with Crippen LogP contribution in [0.25, 0.3) is 0 Å². The van der Waals surface area contributed by atoms with Crippen molar-refractivity contribution in [2.24, 2.45) is 0 Å². The van der Waals surface area contributed by atoms with Crippen molar-refractivity contribution in [1.82, 2.24) is 0 Å². The Morgan fingerprint density at radius 3 is 2.71 bits per heavy atom. The van der Waals surface area contributed by atoms with Gasteiger partial charge in [0.2, 0.25) is 0 Å². The van der Waals surface area contributed by atoms with Crippen molar-refractivity contribution in [3.05, 3.63) is 23.8 Å². The number of rotatable bonds is 3. The van der Waals surface area contributed by atoms with Crippen LogP contribution in [0.1, 0.15) is 12.5 Å². The molecule has 1 aromatic rings. The van der Waals surface area contributed by atoms with E-state index in [-0.39, 0.29) is 0 Å². The van der Waals surface area contributed by atoms with Gasteiger partial charge in [0.1, 0.15) is 5.75 Å². The fourth-order valence-corrected chi connectivity index (χ4v) is 1.27. The van der Waals surface area contributed by atoms with Gasteiger partial charge in [0.05, 0.1) is 0 Å². The van der Waals surface area contributed by atoms with Gasteiger partial charge < -0.3 is 9.84 Å². The van der Waals surface area contributed by atoms with Crippen LogP contribution in [0.3, 0.4) is 0 Å². The van der Waals surface area contributed by atoms with E-state index in [1.807, 2.05) is 13.0 Å². The minimum Gasteiger partial charge on any atom is -0.479 e. The molecular weight excluding hydrogens is 200 g/mol. The molecular formula is C10H12O3S. The molecule has 0 aromatic heterocycles. The van der Waals surface area contributed by atoms with Gasteiger partial charge in [-0.3, -0.25) is 0 Å². The zero-order chi connectivity index (χ0) is 10.7. The minimum atomic E-state index is -0.973. The van der Waals surface area contributed by atoms with Crippen LogP contribution >= 0.6 is 12.6 Å². The van der Waals surface area contributed by atoms with E-state index in [1.54, 1.807) is 12.1 Å². The van der Waals surface area contributed by atoms with E-state index in [4.69, 9.17) is 9.84 Å². The number of carboxylic acid groups (broad SMARTS) is 1. The molecule has 0 aliphatic carbocycles. The summed E-state index contributed by atoms with van der Waals surface area (Å²) in [4.78, 5) is 11.4. The number of thiol groups is 1. The Balaban J connectivity index is 2.82. The lowest BCUT2D eigenvalue weighted by Crippen LogP contribution is -2.23. The summed E-state index contributed by atoms with van der Waals surface area (Å²) in [6, 6.07) is 5.31. The van der Waals surface area contributed by atoms with E-state index in [0.717, 1.165) is 10.5 Å². The van der Waals surface area contributed by atoms with Gasteiger partial charge >= 0.3 is 5.97 Å². The molecule has 0 aliphatic rings. The number of hydrogen-bond acceptors (Lipinski definition) is 3. The molecule has 0 saturated carbocycles. The van der Waals surface area contributed by atoms with Crippen LogP contribution in [0.5, 0.6) is 5.75 Å². The first-order valence-corrected chi connectivity index (χ1v) is 4.64. The largest absolute Gasteiger partial charge is 0.479 e. The van der Waals surface area contributed by atoms with Gasteiger partial charge in [-0.15, -0.1) is 12.6 Å². The highest BCUT2D eigenvalue weighted by Crippen LogP contribution is 2.21. The standard InChI is InChI=1S/C10H12O3S/c1-6-5-8(14)3-4-9(6)13-7(2)10(11)12/h3-5,7,14H,1-2H3,(H,11,12). The molecule has 0 saturated heterocycles. The zero-order valence-electron chi connectivity index (χ0n) is 8.02. The van der Waals surface area contributed by atoms with Crippen LogP contribution in [0, 0.1) is 6.92 Å². The number of ether oxygens (including phenoxy) is 1. The van der Waals surface area contributed by atoms with Crippen molar-refractivity contribution in [3.63, 3.8) is 0 Å². The Morgan fingerprint density at radius 1 is 1.57 bits per heavy atom. The molecule has 0 amide bonds. The molecule has 1 N–H and O–H groups in total. The van der Waals surface area contributed by atoms with E-state index < -0.39 is 12.1 Å². The van der Waals surface area contributed by atoms with E-state index in [0.29, 0.717) is 5.75 Å². The summed E-state index contributed by atoms with van der Waals surface area (Å²) in [7, 11) is 0. The quantitative estimate of drug-likeness (QED) is 0.754. The summed E-state index contributed by atoms with van der Waals surface area (Å²) >= 11 is 4.16. The summed E-state index contributed by atoms with van der Waals surface area (Å²) in [5.74, 6) is -0.392. The highest BCUT2D eigenvalue weighted by Gasteiger charge is 2.13. The van der Waals surface area contributed by atoms with Crippen LogP contribution in [-0.4, -0.2) is 17.2 Å². The summed E-state index contributed by atoms with van der Waals surface area (Å²) in [5.41, 5.74) is 0.880. The molecule has 1 unspecified atom stereocenters. The van der Waals surface area contributed by atoms with Gasteiger partial charge in [-0.25, -0.2) is 4.79 Å². The molecule has 0 fully saturated rings. The third-order valence-electron chi connectivity index (χ3n) is 1.81. The first-order valence-electron chi connectivity index (χ1n) is 4.20. The van der Waals surface area contributed by atoms with Crippen LogP contribution in [0.15, 0.2) is 23.1 Å². The maximum atomic E-state index is 10.5. The first kappa shape index (κ1) is 10.9. The number of hydrogen-bond donors (Lipinski definition) is 2. The maximum Gasteiger partial charge on any atom is 0.344 e. The van der Waals surface area contributed by atoms with Crippen LogP contribution in [-0.2, 0) is 4.79 Å². The monoisotopic (exact) mass is 212 g/mol. The van der Waals surface area contributed by atoms with Crippen LogP contribution < -0.4 is 4.74 Å². The highest BCUT2D eigenvalue weighted by atomic mass is 32.1. The van der Waals surface area contributed by atoms with Crippen molar-refractivity contribution in [1.29, 1.82) is 0 Å². The topological polar surface area (TPSA) is 46.5 Å². The lowest BCUT2D eigenvalue weighted by molar-refractivity contribution is -0.144. The Bertz CT molecular complexity index is 349. The molecule has 4 heteroatoms. The van der Waals surface area contributed by atoms with Gasteiger partial charge in [0.25, 0.3) is 0 Å². The molecule has 1 atom stereocenters. The molecule has 1 rings (SSSR count). The molecule has 76 valence electrons. The molecule has 0 spiro atoms. The van der Waals surface area contributed by atoms with Crippen LogP contribution in [0.2, 0.25) is 0 Å². The summed E-state index contributed by atoms with van der Waals surface area (Å²) in [6.07, 6.45) is -0.834. The Kier molecular flexibility index (Phi) is 3.41. The molecule has 14 heavy (non-hydrogen) atoms. The second kappa shape index (κ2) is 4.37. The average Bonchev–Trinajstić information content (AvgIpc) is 2.09. The average molecular weight is 212 g/mol. The van der Waals surface area contributed by atoms with Crippen molar-refractivity contribution < 1.29 is 14.6 Å². The first-order chi connectivity index (χ1) is 6.50. The predicted molar refractivity (Wildman–Crippen MR) is 56.2 cm³/mol. The van der Waals surface area contributed by atoms with E-state index >= 15 is 0 Å². The number of carboxylic acids is 1. The second-order valence-electron chi connectivity index (χ2n) is 3.05. The Labute approximate surface area is 88.1 Å². The smallest absolute Gasteiger partial charge is 0.344 e. The molecule has 0 heterocycles. The second-order valence-corrected chi connectivity index (χ2v) is 3.56. The van der Waals surface area contributed by atoms with Crippen molar-refractivity contribution >= 4 is 18.6 Å². The van der Waals surface area contributed by atoms with E-state index in [2.05, 4.69) is 12.6 Å². The SMILES string of the molecule is Cc1cc(S)ccc1OC(C)C(=O)O. The van der Waals surface area contributed by atoms with E-state index in [9.17, 15) is 4.79 Å². The van der Waals surface area contributed by atoms with Gasteiger partial charge in [-0.05, 0) is 37.6 Å². The van der Waals surface area contributed by atoms with Crippen LogP contribution in [0.4, 0.5) is 0 Å². The van der Waals surface area contributed by atoms with Gasteiger partial charge in [-0.1, -0.05) is 0 Å². The number of carbonyl (C=O) groups is 1. The van der Waals surface area contributed by atoms with Crippen molar-refractivity contribution in [2.45, 2.75) is 24.8 Å². The van der Waals surface area contributed by atoms with Gasteiger partial charge in [0.15, 0.2) is 6.10 Å². The number of aryl methyl sites for hydroxylation is 1. The Hall–Kier alpha value is -1.16. The normalized spacial score (nSPS) is 12.2. The molecule has 3 nitrogen and oxygen atoms in total. The molecule has 1 aromatic carbocycles. The van der Waals surface area contributed by atoms with Gasteiger partial charge in [-0.2, -0.15) is 0 Å². The Morgan fingerprint density at radius 2 is 2.21 bits per heavy atom. The fraction of sp³-hybridized carbons (Fsp3) is 0.300.